The highest BCUT2D eigenvalue weighted by Gasteiger charge is 2.34. The molecular weight excluding hydrogens is 389 g/mol. The zero-order chi connectivity index (χ0) is 20.6. The Bertz CT molecular complexity index is 1030. The van der Waals surface area contributed by atoms with E-state index in [9.17, 15) is 23.3 Å². The lowest BCUT2D eigenvalue weighted by atomic mass is 10.1. The Hall–Kier alpha value is -2.59. The molecule has 1 aliphatic heterocycles. The van der Waals surface area contributed by atoms with Crippen LogP contribution in [0.2, 0.25) is 0 Å². The van der Waals surface area contributed by atoms with Crippen molar-refractivity contribution in [3.05, 3.63) is 51.5 Å². The van der Waals surface area contributed by atoms with Crippen molar-refractivity contribution in [2.75, 3.05) is 12.9 Å². The lowest BCUT2D eigenvalue weighted by molar-refractivity contribution is -0.0566. The van der Waals surface area contributed by atoms with Gasteiger partial charge in [0.1, 0.15) is 17.2 Å². The summed E-state index contributed by atoms with van der Waals surface area (Å²) >= 11 is 0. The van der Waals surface area contributed by atoms with Gasteiger partial charge in [0, 0.05) is 17.7 Å². The highest BCUT2D eigenvalue weighted by atomic mass is 32.2. The van der Waals surface area contributed by atoms with Gasteiger partial charge in [-0.15, -0.1) is 0 Å². The summed E-state index contributed by atoms with van der Waals surface area (Å²) in [5.41, 5.74) is -1.59. The number of ether oxygens (including phenoxy) is 1. The molecule has 0 saturated carbocycles. The van der Waals surface area contributed by atoms with E-state index in [0.717, 1.165) is 6.07 Å². The van der Waals surface area contributed by atoms with Crippen LogP contribution < -0.4 is 10.9 Å². The number of carbonyl (C=O) groups excluding carboxylic acids is 1. The van der Waals surface area contributed by atoms with Gasteiger partial charge in [-0.2, -0.15) is 0 Å². The first-order chi connectivity index (χ1) is 13.1. The Morgan fingerprint density at radius 1 is 1.46 bits per heavy atom. The summed E-state index contributed by atoms with van der Waals surface area (Å²) in [6.45, 7) is 3.86. The molecule has 0 bridgehead atoms. The number of amides is 1. The number of nitrogens with zero attached hydrogens (tertiary/aromatic N) is 2. The lowest BCUT2D eigenvalue weighted by Crippen LogP contribution is -2.42. The lowest BCUT2D eigenvalue weighted by Gasteiger charge is -2.32. The maximum Gasteiger partial charge on any atom is 0.296 e. The third kappa shape index (κ3) is 3.69. The number of hydrogen-bond donors (Lipinski definition) is 2. The summed E-state index contributed by atoms with van der Waals surface area (Å²) in [5.74, 6) is -1.83. The van der Waals surface area contributed by atoms with Gasteiger partial charge in [-0.3, -0.25) is 18.4 Å². The number of rotatable bonds is 4. The van der Waals surface area contributed by atoms with E-state index >= 15 is 0 Å². The fourth-order valence-corrected chi connectivity index (χ4v) is 3.82. The Morgan fingerprint density at radius 3 is 2.86 bits per heavy atom. The molecule has 10 heteroatoms. The highest BCUT2D eigenvalue weighted by Crippen LogP contribution is 2.27. The van der Waals surface area contributed by atoms with Crippen LogP contribution in [-0.4, -0.2) is 37.6 Å². The van der Waals surface area contributed by atoms with Crippen molar-refractivity contribution >= 4 is 16.7 Å². The van der Waals surface area contributed by atoms with Gasteiger partial charge >= 0.3 is 0 Å². The van der Waals surface area contributed by atoms with Crippen molar-refractivity contribution in [1.82, 2.24) is 14.9 Å². The van der Waals surface area contributed by atoms with Crippen LogP contribution in [0.15, 0.2) is 27.9 Å². The van der Waals surface area contributed by atoms with Gasteiger partial charge in [0.2, 0.25) is 5.75 Å². The van der Waals surface area contributed by atoms with E-state index in [4.69, 9.17) is 4.74 Å². The molecule has 3 rings (SSSR count). The second kappa shape index (κ2) is 7.44. The third-order valence-electron chi connectivity index (χ3n) is 4.46. The van der Waals surface area contributed by atoms with E-state index in [1.807, 2.05) is 0 Å². The molecular formula is C18H20FN3O5S. The Morgan fingerprint density at radius 2 is 2.18 bits per heavy atom. The standard InChI is InChI=1S/C18H20FN3O5S/c1-18(2)17-21-13(14(23)16(25)22(17)6-7-27-18)15(24)20-9-10-4-5-11(19)8-12(10)28(3)26/h4-5,8,23H,6-7,9H2,1-3H3,(H,20,24). The molecule has 0 fully saturated rings. The molecule has 1 unspecified atom stereocenters. The molecule has 2 aromatic rings. The topological polar surface area (TPSA) is 111 Å². The van der Waals surface area contributed by atoms with Crippen LogP contribution in [0, 0.1) is 5.82 Å². The number of hydrogen-bond acceptors (Lipinski definition) is 6. The number of halogens is 1. The van der Waals surface area contributed by atoms with E-state index in [1.165, 1.54) is 23.0 Å². The Kier molecular flexibility index (Phi) is 5.35. The molecule has 28 heavy (non-hydrogen) atoms. The smallest absolute Gasteiger partial charge is 0.296 e. The number of nitrogens with one attached hydrogen (secondary N) is 1. The first-order valence-corrected chi connectivity index (χ1v) is 10.1. The van der Waals surface area contributed by atoms with E-state index in [-0.39, 0.29) is 30.4 Å². The van der Waals surface area contributed by atoms with Gasteiger partial charge in [0.15, 0.2) is 5.69 Å². The SMILES string of the molecule is CS(=O)c1cc(F)ccc1CNC(=O)c1nc2n(c(=O)c1O)CCOC2(C)C. The molecule has 1 aromatic carbocycles. The second-order valence-electron chi connectivity index (χ2n) is 6.84. The predicted molar refractivity (Wildman–Crippen MR) is 99.0 cm³/mol. The van der Waals surface area contributed by atoms with Crippen LogP contribution in [0.3, 0.4) is 0 Å². The maximum atomic E-state index is 13.4. The number of fused-ring (bicyclic) bond motifs is 1. The fraction of sp³-hybridized carbons (Fsp3) is 0.389. The van der Waals surface area contributed by atoms with Gasteiger partial charge in [-0.1, -0.05) is 6.07 Å². The minimum absolute atomic E-state index is 0.0759. The highest BCUT2D eigenvalue weighted by molar-refractivity contribution is 7.84. The van der Waals surface area contributed by atoms with Crippen molar-refractivity contribution in [2.45, 2.75) is 37.4 Å². The first-order valence-electron chi connectivity index (χ1n) is 8.50. The van der Waals surface area contributed by atoms with Crippen LogP contribution >= 0.6 is 0 Å². The zero-order valence-corrected chi connectivity index (χ0v) is 16.4. The molecule has 1 aliphatic rings. The molecule has 2 N–H and O–H groups in total. The third-order valence-corrected chi connectivity index (χ3v) is 5.45. The monoisotopic (exact) mass is 409 g/mol. The van der Waals surface area contributed by atoms with Crippen LogP contribution in [0.25, 0.3) is 0 Å². The normalized spacial score (nSPS) is 16.3. The molecule has 150 valence electrons. The van der Waals surface area contributed by atoms with Crippen LogP contribution in [0.5, 0.6) is 5.75 Å². The van der Waals surface area contributed by atoms with Crippen LogP contribution in [0.1, 0.15) is 35.7 Å². The number of carbonyl (C=O) groups is 1. The summed E-state index contributed by atoms with van der Waals surface area (Å²) in [7, 11) is -1.46. The predicted octanol–water partition coefficient (Wildman–Crippen LogP) is 1.02. The average Bonchev–Trinajstić information content (AvgIpc) is 2.63. The fourth-order valence-electron chi connectivity index (χ4n) is 3.03. The van der Waals surface area contributed by atoms with Gasteiger partial charge in [0.05, 0.1) is 24.0 Å². The van der Waals surface area contributed by atoms with Crippen molar-refractivity contribution in [2.24, 2.45) is 0 Å². The molecule has 0 saturated heterocycles. The molecule has 0 spiro atoms. The van der Waals surface area contributed by atoms with Crippen LogP contribution in [-0.2, 0) is 34.2 Å². The van der Waals surface area contributed by atoms with Crippen LogP contribution in [0.4, 0.5) is 4.39 Å². The summed E-state index contributed by atoms with van der Waals surface area (Å²) < 4.78 is 32.1. The van der Waals surface area contributed by atoms with E-state index in [0.29, 0.717) is 5.56 Å². The summed E-state index contributed by atoms with van der Waals surface area (Å²) in [6.07, 6.45) is 1.40. The number of aromatic nitrogens is 2. The molecule has 0 radical (unpaired) electrons. The average molecular weight is 409 g/mol. The number of aromatic hydroxyl groups is 1. The van der Waals surface area contributed by atoms with Crippen molar-refractivity contribution in [3.63, 3.8) is 0 Å². The zero-order valence-electron chi connectivity index (χ0n) is 15.6. The van der Waals surface area contributed by atoms with Gasteiger partial charge < -0.3 is 15.2 Å². The summed E-state index contributed by atoms with van der Waals surface area (Å²) in [5, 5.41) is 12.7. The summed E-state index contributed by atoms with van der Waals surface area (Å²) in [4.78, 5) is 29.4. The minimum Gasteiger partial charge on any atom is -0.501 e. The van der Waals surface area contributed by atoms with Crippen molar-refractivity contribution in [1.29, 1.82) is 0 Å². The quantitative estimate of drug-likeness (QED) is 0.780. The molecule has 2 heterocycles. The Balaban J connectivity index is 1.91. The minimum atomic E-state index is -1.46. The number of benzene rings is 1. The molecule has 8 nitrogen and oxygen atoms in total. The maximum absolute atomic E-state index is 13.4. The molecule has 1 atom stereocenters. The Labute approximate surface area is 162 Å². The van der Waals surface area contributed by atoms with Gasteiger partial charge in [-0.05, 0) is 31.5 Å². The molecule has 1 amide bonds. The molecule has 0 aliphatic carbocycles. The molecule has 1 aromatic heterocycles. The van der Waals surface area contributed by atoms with Gasteiger partial charge in [0.25, 0.3) is 11.5 Å². The summed E-state index contributed by atoms with van der Waals surface area (Å²) in [6, 6.07) is 3.75. The van der Waals surface area contributed by atoms with Crippen molar-refractivity contribution < 1.29 is 23.2 Å². The van der Waals surface area contributed by atoms with E-state index in [1.54, 1.807) is 13.8 Å². The van der Waals surface area contributed by atoms with E-state index < -0.39 is 45.1 Å². The van der Waals surface area contributed by atoms with Crippen molar-refractivity contribution in [3.8, 4) is 5.75 Å². The largest absolute Gasteiger partial charge is 0.501 e. The second-order valence-corrected chi connectivity index (χ2v) is 8.19. The van der Waals surface area contributed by atoms with E-state index in [2.05, 4.69) is 10.3 Å². The first kappa shape index (κ1) is 20.2. The van der Waals surface area contributed by atoms with Gasteiger partial charge in [-0.25, -0.2) is 9.37 Å².